The van der Waals surface area contributed by atoms with Gasteiger partial charge >= 0.3 is 0 Å². The van der Waals surface area contributed by atoms with Crippen LogP contribution in [0.25, 0.3) is 0 Å². The summed E-state index contributed by atoms with van der Waals surface area (Å²) >= 11 is 0. The molecule has 1 aliphatic carbocycles. The van der Waals surface area contributed by atoms with Crippen LogP contribution in [0.2, 0.25) is 0 Å². The average molecular weight is 228 g/mol. The van der Waals surface area contributed by atoms with Crippen molar-refractivity contribution in [1.29, 1.82) is 0 Å². The molecule has 0 saturated heterocycles. The zero-order valence-corrected chi connectivity index (χ0v) is 10.8. The molecular formula is C12H24N2O2. The van der Waals surface area contributed by atoms with Gasteiger partial charge in [-0.25, -0.2) is 0 Å². The number of aliphatic hydroxyl groups is 1. The highest BCUT2D eigenvalue weighted by atomic mass is 16.3. The molecule has 1 N–H and O–H groups in total. The number of nitrogens with zero attached hydrogens (tertiary/aromatic N) is 2. The van der Waals surface area contributed by atoms with E-state index in [-0.39, 0.29) is 12.0 Å². The van der Waals surface area contributed by atoms with Crippen LogP contribution in [0.15, 0.2) is 0 Å². The summed E-state index contributed by atoms with van der Waals surface area (Å²) in [5.41, 5.74) is 0. The number of carbonyl (C=O) groups excluding carboxylic acids is 1. The summed E-state index contributed by atoms with van der Waals surface area (Å²) in [6.45, 7) is 5.01. The highest BCUT2D eigenvalue weighted by molar-refractivity contribution is 5.78. The van der Waals surface area contributed by atoms with Gasteiger partial charge in [-0.15, -0.1) is 0 Å². The van der Waals surface area contributed by atoms with Gasteiger partial charge in [0.1, 0.15) is 0 Å². The Morgan fingerprint density at radius 3 is 2.38 bits per heavy atom. The van der Waals surface area contributed by atoms with E-state index in [1.54, 1.807) is 11.9 Å². The lowest BCUT2D eigenvalue weighted by atomic mass is 10.2. The normalized spacial score (nSPS) is 17.9. The number of carbonyl (C=O) groups is 1. The zero-order valence-electron chi connectivity index (χ0n) is 10.8. The Labute approximate surface area is 98.2 Å². The Hall–Kier alpha value is -0.610. The van der Waals surface area contributed by atoms with E-state index in [1.165, 1.54) is 0 Å². The molecule has 16 heavy (non-hydrogen) atoms. The minimum Gasteiger partial charge on any atom is -0.391 e. The summed E-state index contributed by atoms with van der Waals surface area (Å²) in [7, 11) is 3.70. The lowest BCUT2D eigenvalue weighted by Gasteiger charge is -2.25. The second-order valence-electron chi connectivity index (χ2n) is 5.19. The lowest BCUT2D eigenvalue weighted by Crippen LogP contribution is -2.42. The SMILES string of the molecule is CC(C)N(C)CC(=O)N(C)CC(O)C1CC1. The quantitative estimate of drug-likeness (QED) is 0.722. The number of hydrogen-bond acceptors (Lipinski definition) is 3. The second-order valence-corrected chi connectivity index (χ2v) is 5.19. The summed E-state index contributed by atoms with van der Waals surface area (Å²) in [5.74, 6) is 0.508. The average Bonchev–Trinajstić information content (AvgIpc) is 3.00. The third-order valence-electron chi connectivity index (χ3n) is 3.32. The van der Waals surface area contributed by atoms with E-state index in [2.05, 4.69) is 13.8 Å². The molecule has 1 unspecified atom stereocenters. The van der Waals surface area contributed by atoms with Crippen LogP contribution in [0.4, 0.5) is 0 Å². The van der Waals surface area contributed by atoms with Crippen molar-refractivity contribution < 1.29 is 9.90 Å². The molecule has 0 aromatic carbocycles. The Morgan fingerprint density at radius 1 is 1.38 bits per heavy atom. The third kappa shape index (κ3) is 4.10. The molecule has 0 aromatic heterocycles. The third-order valence-corrected chi connectivity index (χ3v) is 3.32. The van der Waals surface area contributed by atoms with Gasteiger partial charge in [0.05, 0.1) is 12.6 Å². The first-order chi connectivity index (χ1) is 7.41. The van der Waals surface area contributed by atoms with Gasteiger partial charge in [0.15, 0.2) is 0 Å². The predicted molar refractivity (Wildman–Crippen MR) is 64.1 cm³/mol. The van der Waals surface area contributed by atoms with Gasteiger partial charge in [-0.1, -0.05) is 0 Å². The fourth-order valence-corrected chi connectivity index (χ4v) is 1.53. The maximum Gasteiger partial charge on any atom is 0.236 e. The topological polar surface area (TPSA) is 43.8 Å². The molecule has 94 valence electrons. The van der Waals surface area contributed by atoms with E-state index in [0.29, 0.717) is 25.0 Å². The molecular weight excluding hydrogens is 204 g/mol. The highest BCUT2D eigenvalue weighted by Crippen LogP contribution is 2.32. The van der Waals surface area contributed by atoms with Gasteiger partial charge in [0.25, 0.3) is 0 Å². The van der Waals surface area contributed by atoms with Crippen molar-refractivity contribution in [1.82, 2.24) is 9.80 Å². The van der Waals surface area contributed by atoms with E-state index in [1.807, 2.05) is 11.9 Å². The predicted octanol–water partition coefficient (Wildman–Crippen LogP) is 0.556. The lowest BCUT2D eigenvalue weighted by molar-refractivity contribution is -0.132. The molecule has 0 bridgehead atoms. The van der Waals surface area contributed by atoms with Gasteiger partial charge in [-0.2, -0.15) is 0 Å². The van der Waals surface area contributed by atoms with E-state index < -0.39 is 0 Å². The van der Waals surface area contributed by atoms with Crippen LogP contribution in [-0.2, 0) is 4.79 Å². The first-order valence-electron chi connectivity index (χ1n) is 6.04. The summed E-state index contributed by atoms with van der Waals surface area (Å²) in [5, 5.41) is 9.74. The van der Waals surface area contributed by atoms with Crippen molar-refractivity contribution in [3.63, 3.8) is 0 Å². The first-order valence-corrected chi connectivity index (χ1v) is 6.04. The fraction of sp³-hybridized carbons (Fsp3) is 0.917. The minimum absolute atomic E-state index is 0.0795. The van der Waals surface area contributed by atoms with Gasteiger partial charge in [-0.05, 0) is 39.7 Å². The molecule has 1 rings (SSSR count). The largest absolute Gasteiger partial charge is 0.391 e. The van der Waals surface area contributed by atoms with Crippen molar-refractivity contribution in [2.24, 2.45) is 5.92 Å². The van der Waals surface area contributed by atoms with Gasteiger partial charge in [0, 0.05) is 19.6 Å². The number of aliphatic hydroxyl groups excluding tert-OH is 1. The molecule has 0 radical (unpaired) electrons. The second kappa shape index (κ2) is 5.64. The van der Waals surface area contributed by atoms with Crippen LogP contribution in [0.3, 0.4) is 0 Å². The monoisotopic (exact) mass is 228 g/mol. The highest BCUT2D eigenvalue weighted by Gasteiger charge is 2.31. The number of likely N-dealkylation sites (N-methyl/N-ethyl adjacent to an activating group) is 2. The molecule has 4 heteroatoms. The molecule has 0 aliphatic heterocycles. The summed E-state index contributed by atoms with van der Waals surface area (Å²) in [4.78, 5) is 15.5. The van der Waals surface area contributed by atoms with Crippen molar-refractivity contribution in [2.45, 2.75) is 38.8 Å². The van der Waals surface area contributed by atoms with E-state index in [0.717, 1.165) is 12.8 Å². The first kappa shape index (κ1) is 13.5. The Bertz CT molecular complexity index is 239. The Morgan fingerprint density at radius 2 is 1.94 bits per heavy atom. The summed E-state index contributed by atoms with van der Waals surface area (Å²) in [6, 6.07) is 0.366. The van der Waals surface area contributed by atoms with Crippen LogP contribution >= 0.6 is 0 Å². The number of rotatable bonds is 6. The molecule has 0 heterocycles. The molecule has 0 aromatic rings. The van der Waals surface area contributed by atoms with Crippen molar-refractivity contribution in [2.75, 3.05) is 27.2 Å². The van der Waals surface area contributed by atoms with E-state index in [9.17, 15) is 9.90 Å². The molecule has 1 fully saturated rings. The van der Waals surface area contributed by atoms with Crippen molar-refractivity contribution in [3.8, 4) is 0 Å². The maximum atomic E-state index is 11.8. The molecule has 0 spiro atoms. The van der Waals surface area contributed by atoms with Gasteiger partial charge in [0.2, 0.25) is 5.91 Å². The van der Waals surface area contributed by atoms with Crippen LogP contribution < -0.4 is 0 Å². The number of hydrogen-bond donors (Lipinski definition) is 1. The Balaban J connectivity index is 2.29. The molecule has 1 aliphatic rings. The van der Waals surface area contributed by atoms with E-state index >= 15 is 0 Å². The smallest absolute Gasteiger partial charge is 0.236 e. The maximum absolute atomic E-state index is 11.8. The van der Waals surface area contributed by atoms with Crippen molar-refractivity contribution in [3.05, 3.63) is 0 Å². The molecule has 1 atom stereocenters. The van der Waals surface area contributed by atoms with E-state index in [4.69, 9.17) is 0 Å². The fourth-order valence-electron chi connectivity index (χ4n) is 1.53. The standard InChI is InChI=1S/C12H24N2O2/c1-9(2)13(3)8-12(16)14(4)7-11(15)10-5-6-10/h9-11,15H,5-8H2,1-4H3. The molecule has 1 amide bonds. The zero-order chi connectivity index (χ0) is 12.3. The van der Waals surface area contributed by atoms with Gasteiger partial charge in [-0.3, -0.25) is 9.69 Å². The van der Waals surface area contributed by atoms with Crippen molar-refractivity contribution >= 4 is 5.91 Å². The molecule has 4 nitrogen and oxygen atoms in total. The van der Waals surface area contributed by atoms with Crippen LogP contribution in [0, 0.1) is 5.92 Å². The number of amides is 1. The molecule has 1 saturated carbocycles. The van der Waals surface area contributed by atoms with Crippen LogP contribution in [-0.4, -0.2) is 60.1 Å². The summed E-state index contributed by atoms with van der Waals surface area (Å²) < 4.78 is 0. The Kier molecular flexibility index (Phi) is 4.74. The van der Waals surface area contributed by atoms with Crippen LogP contribution in [0.1, 0.15) is 26.7 Å². The minimum atomic E-state index is -0.335. The summed E-state index contributed by atoms with van der Waals surface area (Å²) in [6.07, 6.45) is 1.88. The van der Waals surface area contributed by atoms with Crippen LogP contribution in [0.5, 0.6) is 0 Å². The van der Waals surface area contributed by atoms with Gasteiger partial charge < -0.3 is 10.0 Å².